The van der Waals surface area contributed by atoms with Crippen LogP contribution in [0.25, 0.3) is 12.2 Å². The topological polar surface area (TPSA) is 57.6 Å². The highest BCUT2D eigenvalue weighted by Gasteiger charge is 2.22. The third-order valence-corrected chi connectivity index (χ3v) is 3.84. The van der Waals surface area contributed by atoms with Gasteiger partial charge in [0.25, 0.3) is 0 Å². The zero-order valence-corrected chi connectivity index (χ0v) is 12.6. The Balaban J connectivity index is 1.96. The van der Waals surface area contributed by atoms with E-state index >= 15 is 0 Å². The van der Waals surface area contributed by atoms with Crippen molar-refractivity contribution in [3.63, 3.8) is 0 Å². The summed E-state index contributed by atoms with van der Waals surface area (Å²) in [6.45, 7) is 0.643. The van der Waals surface area contributed by atoms with Crippen molar-refractivity contribution in [3.8, 4) is 0 Å². The molecule has 4 nitrogen and oxygen atoms in total. The van der Waals surface area contributed by atoms with Gasteiger partial charge in [-0.25, -0.2) is 4.79 Å². The molecule has 0 spiro atoms. The summed E-state index contributed by atoms with van der Waals surface area (Å²) < 4.78 is 0. The van der Waals surface area contributed by atoms with Crippen LogP contribution in [0.4, 0.5) is 5.69 Å². The van der Waals surface area contributed by atoms with E-state index in [-0.39, 0.29) is 11.5 Å². The lowest BCUT2D eigenvalue weighted by atomic mass is 10.1. The second kappa shape index (κ2) is 6.48. The first kappa shape index (κ1) is 15.0. The second-order valence-corrected chi connectivity index (χ2v) is 5.51. The average molecular weight is 307 g/mol. The van der Waals surface area contributed by atoms with Crippen molar-refractivity contribution in [2.75, 3.05) is 11.4 Å². The molecule has 0 saturated carbocycles. The Kier molecular flexibility index (Phi) is 4.24. The zero-order valence-electron chi connectivity index (χ0n) is 12.6. The van der Waals surface area contributed by atoms with E-state index in [0.717, 1.165) is 17.5 Å². The zero-order chi connectivity index (χ0) is 16.2. The fraction of sp³-hybridized carbons (Fsp3) is 0.158. The fourth-order valence-corrected chi connectivity index (χ4v) is 2.69. The smallest absolute Gasteiger partial charge is 0.335 e. The van der Waals surface area contributed by atoms with Crippen molar-refractivity contribution in [2.45, 2.75) is 12.8 Å². The van der Waals surface area contributed by atoms with Crippen molar-refractivity contribution >= 4 is 29.7 Å². The Morgan fingerprint density at radius 1 is 1.04 bits per heavy atom. The van der Waals surface area contributed by atoms with Crippen LogP contribution in [0.5, 0.6) is 0 Å². The lowest BCUT2D eigenvalue weighted by molar-refractivity contribution is -0.117. The van der Waals surface area contributed by atoms with Gasteiger partial charge < -0.3 is 10.0 Å². The maximum atomic E-state index is 11.9. The molecule has 1 aliphatic heterocycles. The standard InChI is InChI=1S/C19H17NO3/c21-18-7-4-10-20(18)17-12-15(11-16(13-17)19(22)23)9-8-14-5-2-1-3-6-14/h1-3,5-6,8-9,11-13H,4,7,10H2,(H,22,23)/b9-8+. The van der Waals surface area contributed by atoms with Gasteiger partial charge in [-0.1, -0.05) is 42.5 Å². The normalized spacial score (nSPS) is 14.6. The SMILES string of the molecule is O=C(O)c1cc(/C=C/c2ccccc2)cc(N2CCCC2=O)c1. The van der Waals surface area contributed by atoms with Crippen LogP contribution in [-0.4, -0.2) is 23.5 Å². The van der Waals surface area contributed by atoms with Gasteiger partial charge in [0.2, 0.25) is 5.91 Å². The number of anilines is 1. The first-order chi connectivity index (χ1) is 11.1. The molecule has 1 N–H and O–H groups in total. The van der Waals surface area contributed by atoms with Gasteiger partial charge >= 0.3 is 5.97 Å². The molecule has 0 unspecified atom stereocenters. The number of carboxylic acid groups (broad SMARTS) is 1. The van der Waals surface area contributed by atoms with E-state index in [4.69, 9.17) is 0 Å². The number of carbonyl (C=O) groups is 2. The molecule has 2 aromatic rings. The van der Waals surface area contributed by atoms with Gasteiger partial charge in [0.1, 0.15) is 0 Å². The number of carboxylic acids is 1. The highest BCUT2D eigenvalue weighted by Crippen LogP contribution is 2.25. The van der Waals surface area contributed by atoms with Crippen molar-refractivity contribution < 1.29 is 14.7 Å². The van der Waals surface area contributed by atoms with Crippen LogP contribution in [0.2, 0.25) is 0 Å². The Labute approximate surface area is 134 Å². The van der Waals surface area contributed by atoms with Crippen LogP contribution in [-0.2, 0) is 4.79 Å². The van der Waals surface area contributed by atoms with Gasteiger partial charge in [-0.2, -0.15) is 0 Å². The maximum Gasteiger partial charge on any atom is 0.335 e. The number of amides is 1. The molecule has 1 aliphatic rings. The molecule has 116 valence electrons. The largest absolute Gasteiger partial charge is 0.478 e. The van der Waals surface area contributed by atoms with E-state index < -0.39 is 5.97 Å². The molecule has 0 aliphatic carbocycles. The van der Waals surface area contributed by atoms with Crippen LogP contribution in [0.1, 0.15) is 34.3 Å². The number of hydrogen-bond acceptors (Lipinski definition) is 2. The summed E-state index contributed by atoms with van der Waals surface area (Å²) in [4.78, 5) is 24.9. The summed E-state index contributed by atoms with van der Waals surface area (Å²) in [6, 6.07) is 14.8. The minimum Gasteiger partial charge on any atom is -0.478 e. The summed E-state index contributed by atoms with van der Waals surface area (Å²) in [7, 11) is 0. The number of hydrogen-bond donors (Lipinski definition) is 1. The molecule has 23 heavy (non-hydrogen) atoms. The van der Waals surface area contributed by atoms with Gasteiger partial charge in [-0.3, -0.25) is 4.79 Å². The molecule has 1 heterocycles. The molecule has 3 rings (SSSR count). The van der Waals surface area contributed by atoms with Crippen LogP contribution in [0, 0.1) is 0 Å². The number of benzene rings is 2. The Bertz CT molecular complexity index is 765. The predicted molar refractivity (Wildman–Crippen MR) is 90.4 cm³/mol. The fourth-order valence-electron chi connectivity index (χ4n) is 2.69. The molecule has 0 atom stereocenters. The number of rotatable bonds is 4. The summed E-state index contributed by atoms with van der Waals surface area (Å²) in [5.41, 5.74) is 2.64. The molecule has 0 radical (unpaired) electrons. The van der Waals surface area contributed by atoms with Gasteiger partial charge in [0.05, 0.1) is 5.56 Å². The van der Waals surface area contributed by atoms with Crippen molar-refractivity contribution in [1.82, 2.24) is 0 Å². The lowest BCUT2D eigenvalue weighted by Gasteiger charge is -2.17. The minimum absolute atomic E-state index is 0.0468. The summed E-state index contributed by atoms with van der Waals surface area (Å²) in [6.07, 6.45) is 5.13. The molecule has 2 aromatic carbocycles. The number of carbonyl (C=O) groups excluding carboxylic acids is 1. The van der Waals surface area contributed by atoms with Crippen molar-refractivity contribution in [1.29, 1.82) is 0 Å². The predicted octanol–water partition coefficient (Wildman–Crippen LogP) is 3.68. The van der Waals surface area contributed by atoms with E-state index in [1.807, 2.05) is 48.6 Å². The average Bonchev–Trinajstić information content (AvgIpc) is 3.00. The highest BCUT2D eigenvalue weighted by atomic mass is 16.4. The van der Waals surface area contributed by atoms with Gasteiger partial charge in [-0.05, 0) is 35.7 Å². The maximum absolute atomic E-state index is 11.9. The first-order valence-corrected chi connectivity index (χ1v) is 7.55. The monoisotopic (exact) mass is 307 g/mol. The van der Waals surface area contributed by atoms with E-state index in [1.165, 1.54) is 0 Å². The number of nitrogens with zero attached hydrogens (tertiary/aromatic N) is 1. The van der Waals surface area contributed by atoms with Crippen molar-refractivity contribution in [2.24, 2.45) is 0 Å². The van der Waals surface area contributed by atoms with E-state index in [1.54, 1.807) is 17.0 Å². The quantitative estimate of drug-likeness (QED) is 0.877. The van der Waals surface area contributed by atoms with Crippen LogP contribution in [0.3, 0.4) is 0 Å². The summed E-state index contributed by atoms with van der Waals surface area (Å²) >= 11 is 0. The molecular weight excluding hydrogens is 290 g/mol. The van der Waals surface area contributed by atoms with Crippen molar-refractivity contribution in [3.05, 3.63) is 65.2 Å². The molecule has 0 aromatic heterocycles. The molecule has 1 saturated heterocycles. The highest BCUT2D eigenvalue weighted by molar-refractivity contribution is 5.98. The van der Waals surface area contributed by atoms with Crippen LogP contribution in [0.15, 0.2) is 48.5 Å². The van der Waals surface area contributed by atoms with E-state index in [9.17, 15) is 14.7 Å². The molecule has 4 heteroatoms. The summed E-state index contributed by atoms with van der Waals surface area (Å²) in [5, 5.41) is 9.30. The molecule has 0 bridgehead atoms. The third-order valence-electron chi connectivity index (χ3n) is 3.84. The second-order valence-electron chi connectivity index (χ2n) is 5.51. The Morgan fingerprint density at radius 2 is 1.78 bits per heavy atom. The molecule has 1 fully saturated rings. The van der Waals surface area contributed by atoms with E-state index in [2.05, 4.69) is 0 Å². The van der Waals surface area contributed by atoms with Gasteiger partial charge in [0, 0.05) is 18.7 Å². The minimum atomic E-state index is -0.993. The lowest BCUT2D eigenvalue weighted by Crippen LogP contribution is -2.24. The van der Waals surface area contributed by atoms with E-state index in [0.29, 0.717) is 18.7 Å². The Hall–Kier alpha value is -2.88. The van der Waals surface area contributed by atoms with Crippen LogP contribution >= 0.6 is 0 Å². The number of aromatic carboxylic acids is 1. The summed E-state index contributed by atoms with van der Waals surface area (Å²) in [5.74, 6) is -0.946. The van der Waals surface area contributed by atoms with Gasteiger partial charge in [-0.15, -0.1) is 0 Å². The van der Waals surface area contributed by atoms with Crippen LogP contribution < -0.4 is 4.90 Å². The molecule has 1 amide bonds. The van der Waals surface area contributed by atoms with Gasteiger partial charge in [0.15, 0.2) is 0 Å². The third kappa shape index (κ3) is 3.48. The molecular formula is C19H17NO3. The Morgan fingerprint density at radius 3 is 2.43 bits per heavy atom. The first-order valence-electron chi connectivity index (χ1n) is 7.55.